The van der Waals surface area contributed by atoms with Gasteiger partial charge in [-0.3, -0.25) is 9.69 Å². The highest BCUT2D eigenvalue weighted by molar-refractivity contribution is 5.69. The summed E-state index contributed by atoms with van der Waals surface area (Å²) in [5.74, 6) is 0.537. The first-order valence-corrected chi connectivity index (χ1v) is 6.94. The van der Waals surface area contributed by atoms with E-state index in [9.17, 15) is 4.79 Å². The van der Waals surface area contributed by atoms with Gasteiger partial charge < -0.3 is 5.11 Å². The van der Waals surface area contributed by atoms with Crippen molar-refractivity contribution >= 4 is 5.97 Å². The Hall–Kier alpha value is -0.570. The van der Waals surface area contributed by atoms with Crippen molar-refractivity contribution in [3.8, 4) is 0 Å². The van der Waals surface area contributed by atoms with Crippen LogP contribution in [0.25, 0.3) is 0 Å². The fraction of sp³-hybridized carbons (Fsp3) is 0.929. The highest BCUT2D eigenvalue weighted by Crippen LogP contribution is 2.33. The van der Waals surface area contributed by atoms with Gasteiger partial charge in [0.2, 0.25) is 0 Å². The van der Waals surface area contributed by atoms with Crippen LogP contribution in [-0.4, -0.2) is 34.6 Å². The van der Waals surface area contributed by atoms with Gasteiger partial charge >= 0.3 is 5.97 Å². The summed E-state index contributed by atoms with van der Waals surface area (Å²) in [5.41, 5.74) is 0. The van der Waals surface area contributed by atoms with E-state index in [2.05, 4.69) is 32.6 Å². The first kappa shape index (κ1) is 14.5. The molecule has 1 N–H and O–H groups in total. The Morgan fingerprint density at radius 1 is 1.35 bits per heavy atom. The van der Waals surface area contributed by atoms with Crippen LogP contribution in [0.2, 0.25) is 0 Å². The molecule has 0 radical (unpaired) electrons. The Labute approximate surface area is 105 Å². The zero-order valence-electron chi connectivity index (χ0n) is 11.6. The van der Waals surface area contributed by atoms with Gasteiger partial charge in [-0.25, -0.2) is 0 Å². The molecule has 1 saturated carbocycles. The van der Waals surface area contributed by atoms with Crippen molar-refractivity contribution in [1.29, 1.82) is 0 Å². The fourth-order valence-corrected chi connectivity index (χ4v) is 3.26. The van der Waals surface area contributed by atoms with Crippen molar-refractivity contribution in [1.82, 2.24) is 4.90 Å². The van der Waals surface area contributed by atoms with E-state index < -0.39 is 5.97 Å². The van der Waals surface area contributed by atoms with Crippen molar-refractivity contribution in [3.63, 3.8) is 0 Å². The van der Waals surface area contributed by atoms with Crippen LogP contribution in [0.15, 0.2) is 0 Å². The Balaban J connectivity index is 2.82. The molecular weight excluding hydrogens is 214 g/mol. The molecule has 3 nitrogen and oxygen atoms in total. The van der Waals surface area contributed by atoms with Gasteiger partial charge in [0.15, 0.2) is 0 Å². The minimum Gasteiger partial charge on any atom is -0.480 e. The normalized spacial score (nSPS) is 31.5. The lowest BCUT2D eigenvalue weighted by molar-refractivity contribution is -0.140. The third-order valence-corrected chi connectivity index (χ3v) is 4.34. The number of carboxylic acids is 1. The van der Waals surface area contributed by atoms with Crippen molar-refractivity contribution in [2.45, 2.75) is 65.5 Å². The van der Waals surface area contributed by atoms with E-state index >= 15 is 0 Å². The second-order valence-electron chi connectivity index (χ2n) is 5.70. The summed E-state index contributed by atoms with van der Waals surface area (Å²) >= 11 is 0. The molecule has 0 spiro atoms. The average molecular weight is 241 g/mol. The van der Waals surface area contributed by atoms with E-state index in [4.69, 9.17) is 5.11 Å². The molecule has 0 aromatic carbocycles. The zero-order valence-corrected chi connectivity index (χ0v) is 11.6. The van der Waals surface area contributed by atoms with E-state index in [1.165, 1.54) is 19.3 Å². The average Bonchev–Trinajstić information content (AvgIpc) is 2.26. The van der Waals surface area contributed by atoms with E-state index in [1.807, 2.05) is 0 Å². The van der Waals surface area contributed by atoms with Crippen LogP contribution >= 0.6 is 0 Å². The maximum Gasteiger partial charge on any atom is 0.317 e. The third-order valence-electron chi connectivity index (χ3n) is 4.34. The molecule has 17 heavy (non-hydrogen) atoms. The summed E-state index contributed by atoms with van der Waals surface area (Å²) < 4.78 is 0. The lowest BCUT2D eigenvalue weighted by Crippen LogP contribution is -2.51. The number of hydrogen-bond donors (Lipinski definition) is 1. The second kappa shape index (κ2) is 6.39. The molecule has 1 aliphatic carbocycles. The van der Waals surface area contributed by atoms with Crippen LogP contribution in [-0.2, 0) is 4.79 Å². The van der Waals surface area contributed by atoms with Crippen LogP contribution in [0.3, 0.4) is 0 Å². The topological polar surface area (TPSA) is 40.5 Å². The quantitative estimate of drug-likeness (QED) is 0.804. The maximum absolute atomic E-state index is 11.0. The van der Waals surface area contributed by atoms with Crippen LogP contribution in [0.5, 0.6) is 0 Å². The summed E-state index contributed by atoms with van der Waals surface area (Å²) in [6, 6.07) is 0.800. The number of hydrogen-bond acceptors (Lipinski definition) is 2. The standard InChI is InChI=1S/C14H27NO2/c1-5-12(4)15(9-13(16)17)14-10(2)7-6-8-11(14)3/h10-12,14H,5-9H2,1-4H3,(H,16,17). The van der Waals surface area contributed by atoms with Gasteiger partial charge in [-0.15, -0.1) is 0 Å². The molecule has 3 atom stereocenters. The SMILES string of the molecule is CCC(C)N(CC(=O)O)C1C(C)CCCC1C. The van der Waals surface area contributed by atoms with Gasteiger partial charge in [0.05, 0.1) is 6.54 Å². The molecule has 100 valence electrons. The van der Waals surface area contributed by atoms with E-state index in [0.717, 1.165) is 6.42 Å². The van der Waals surface area contributed by atoms with E-state index in [0.29, 0.717) is 23.9 Å². The predicted molar refractivity (Wildman–Crippen MR) is 70.1 cm³/mol. The number of carboxylic acid groups (broad SMARTS) is 1. The number of aliphatic carboxylic acids is 1. The molecule has 0 heterocycles. The fourth-order valence-electron chi connectivity index (χ4n) is 3.26. The predicted octanol–water partition coefficient (Wildman–Crippen LogP) is 3.00. The molecule has 0 bridgehead atoms. The van der Waals surface area contributed by atoms with Gasteiger partial charge in [0.25, 0.3) is 0 Å². The molecule has 3 heteroatoms. The number of nitrogens with zero attached hydrogens (tertiary/aromatic N) is 1. The minimum absolute atomic E-state index is 0.189. The Bertz CT molecular complexity index is 245. The summed E-state index contributed by atoms with van der Waals surface area (Å²) in [6.07, 6.45) is 4.78. The van der Waals surface area contributed by atoms with Gasteiger partial charge in [-0.1, -0.05) is 27.2 Å². The first-order valence-electron chi connectivity index (χ1n) is 6.94. The van der Waals surface area contributed by atoms with Gasteiger partial charge in [0.1, 0.15) is 0 Å². The summed E-state index contributed by atoms with van der Waals surface area (Å²) in [4.78, 5) is 13.3. The molecule has 0 saturated heterocycles. The number of carbonyl (C=O) groups is 1. The van der Waals surface area contributed by atoms with Crippen LogP contribution in [0.1, 0.15) is 53.4 Å². The molecular formula is C14H27NO2. The Morgan fingerprint density at radius 2 is 1.88 bits per heavy atom. The molecule has 0 amide bonds. The minimum atomic E-state index is -0.699. The molecule has 1 fully saturated rings. The van der Waals surface area contributed by atoms with Crippen LogP contribution in [0.4, 0.5) is 0 Å². The van der Waals surface area contributed by atoms with Crippen molar-refractivity contribution in [2.24, 2.45) is 11.8 Å². The summed E-state index contributed by atoms with van der Waals surface area (Å²) in [7, 11) is 0. The molecule has 0 aromatic heterocycles. The molecule has 3 unspecified atom stereocenters. The molecule has 1 aliphatic rings. The molecule has 0 aliphatic heterocycles. The molecule has 1 rings (SSSR count). The monoisotopic (exact) mass is 241 g/mol. The lowest BCUT2D eigenvalue weighted by Gasteiger charge is -2.44. The van der Waals surface area contributed by atoms with Crippen molar-refractivity contribution in [2.75, 3.05) is 6.54 Å². The first-order chi connectivity index (χ1) is 7.97. The molecule has 0 aromatic rings. The van der Waals surface area contributed by atoms with Gasteiger partial charge in [-0.05, 0) is 38.0 Å². The largest absolute Gasteiger partial charge is 0.480 e. The van der Waals surface area contributed by atoms with Crippen LogP contribution in [0, 0.1) is 11.8 Å². The second-order valence-corrected chi connectivity index (χ2v) is 5.70. The Morgan fingerprint density at radius 3 is 2.29 bits per heavy atom. The highest BCUT2D eigenvalue weighted by Gasteiger charge is 2.35. The third kappa shape index (κ3) is 3.70. The Kier molecular flexibility index (Phi) is 5.44. The van der Waals surface area contributed by atoms with Crippen molar-refractivity contribution < 1.29 is 9.90 Å². The summed E-state index contributed by atoms with van der Waals surface area (Å²) in [5, 5.41) is 9.09. The van der Waals surface area contributed by atoms with E-state index in [1.54, 1.807) is 0 Å². The lowest BCUT2D eigenvalue weighted by atomic mass is 9.77. The van der Waals surface area contributed by atoms with E-state index in [-0.39, 0.29) is 6.54 Å². The van der Waals surface area contributed by atoms with Crippen molar-refractivity contribution in [3.05, 3.63) is 0 Å². The smallest absolute Gasteiger partial charge is 0.317 e. The van der Waals surface area contributed by atoms with Gasteiger partial charge in [0, 0.05) is 12.1 Å². The zero-order chi connectivity index (χ0) is 13.0. The number of rotatable bonds is 5. The van der Waals surface area contributed by atoms with Gasteiger partial charge in [-0.2, -0.15) is 0 Å². The van der Waals surface area contributed by atoms with Crippen LogP contribution < -0.4 is 0 Å². The highest BCUT2D eigenvalue weighted by atomic mass is 16.4. The summed E-state index contributed by atoms with van der Waals surface area (Å²) in [6.45, 7) is 9.03. The maximum atomic E-state index is 11.0.